The maximum absolute atomic E-state index is 13.7. The highest BCUT2D eigenvalue weighted by Crippen LogP contribution is 2.29. The van der Waals surface area contributed by atoms with E-state index < -0.39 is 11.6 Å². The first-order chi connectivity index (χ1) is 9.19. The smallest absolute Gasteiger partial charge is 0.153 e. The molecule has 1 fully saturated rings. The van der Waals surface area contributed by atoms with Gasteiger partial charge in [0.25, 0.3) is 0 Å². The summed E-state index contributed by atoms with van der Waals surface area (Å²) in [6.45, 7) is 0.751. The minimum Gasteiger partial charge on any atom is -0.327 e. The Morgan fingerprint density at radius 1 is 1.26 bits per heavy atom. The third-order valence-corrected chi connectivity index (χ3v) is 4.13. The summed E-state index contributed by atoms with van der Waals surface area (Å²) in [5.74, 6) is 0.201. The summed E-state index contributed by atoms with van der Waals surface area (Å²) in [5.41, 5.74) is 0.732. The number of aromatic nitrogens is 2. The molecule has 1 heterocycles. The number of benzene rings is 1. The van der Waals surface area contributed by atoms with Crippen molar-refractivity contribution in [1.82, 2.24) is 9.55 Å². The predicted octanol–water partition coefficient (Wildman–Crippen LogP) is 4.24. The van der Waals surface area contributed by atoms with Crippen LogP contribution in [0.3, 0.4) is 0 Å². The zero-order valence-electron chi connectivity index (χ0n) is 10.5. The number of nitrogens with zero attached hydrogens (tertiary/aromatic N) is 2. The second kappa shape index (κ2) is 5.08. The van der Waals surface area contributed by atoms with Gasteiger partial charge in [-0.2, -0.15) is 0 Å². The van der Waals surface area contributed by atoms with Crippen LogP contribution in [0, 0.1) is 17.6 Å². The van der Waals surface area contributed by atoms with Gasteiger partial charge in [-0.25, -0.2) is 13.8 Å². The van der Waals surface area contributed by atoms with Crippen LogP contribution >= 0.6 is 11.6 Å². The highest BCUT2D eigenvalue weighted by Gasteiger charge is 2.20. The van der Waals surface area contributed by atoms with Crippen LogP contribution in [-0.4, -0.2) is 9.55 Å². The lowest BCUT2D eigenvalue weighted by atomic mass is 10.1. The van der Waals surface area contributed by atoms with Crippen molar-refractivity contribution in [3.8, 4) is 0 Å². The van der Waals surface area contributed by atoms with E-state index in [9.17, 15) is 8.78 Å². The molecule has 0 amide bonds. The lowest BCUT2D eigenvalue weighted by Gasteiger charge is -2.13. The van der Waals surface area contributed by atoms with Gasteiger partial charge in [-0.15, -0.1) is 11.6 Å². The normalized spacial score (nSPS) is 16.6. The van der Waals surface area contributed by atoms with Gasteiger partial charge in [0.05, 0.1) is 11.4 Å². The van der Waals surface area contributed by atoms with Gasteiger partial charge >= 0.3 is 0 Å². The standard InChI is InChI=1S/C14H15ClF2N2/c15-7-13-18-14-11(17)5-10(16)6-12(14)19(13)8-9-3-1-2-4-9/h5-6,9H,1-4,7-8H2. The molecule has 0 atom stereocenters. The number of rotatable bonds is 3. The maximum atomic E-state index is 13.7. The molecule has 1 aliphatic rings. The van der Waals surface area contributed by atoms with Gasteiger partial charge in [-0.1, -0.05) is 12.8 Å². The van der Waals surface area contributed by atoms with Crippen molar-refractivity contribution in [3.63, 3.8) is 0 Å². The maximum Gasteiger partial charge on any atom is 0.153 e. The topological polar surface area (TPSA) is 17.8 Å². The second-order valence-corrected chi connectivity index (χ2v) is 5.45. The third-order valence-electron chi connectivity index (χ3n) is 3.89. The van der Waals surface area contributed by atoms with E-state index in [0.29, 0.717) is 17.3 Å². The molecule has 102 valence electrons. The van der Waals surface area contributed by atoms with Crippen LogP contribution < -0.4 is 0 Å². The van der Waals surface area contributed by atoms with E-state index in [0.717, 1.165) is 12.6 Å². The van der Waals surface area contributed by atoms with E-state index in [1.54, 1.807) is 0 Å². The summed E-state index contributed by atoms with van der Waals surface area (Å²) in [5, 5.41) is 0. The highest BCUT2D eigenvalue weighted by atomic mass is 35.5. The zero-order valence-corrected chi connectivity index (χ0v) is 11.3. The van der Waals surface area contributed by atoms with E-state index in [1.165, 1.54) is 31.7 Å². The average Bonchev–Trinajstić information content (AvgIpc) is 2.99. The number of hydrogen-bond donors (Lipinski definition) is 0. The van der Waals surface area contributed by atoms with E-state index >= 15 is 0 Å². The Balaban J connectivity index is 2.09. The largest absolute Gasteiger partial charge is 0.327 e. The van der Waals surface area contributed by atoms with Crippen LogP contribution in [0.1, 0.15) is 31.5 Å². The molecular weight excluding hydrogens is 270 g/mol. The summed E-state index contributed by atoms with van der Waals surface area (Å²) in [4.78, 5) is 4.20. The third kappa shape index (κ3) is 2.34. The molecule has 0 radical (unpaired) electrons. The van der Waals surface area contributed by atoms with E-state index in [1.807, 2.05) is 4.57 Å². The Morgan fingerprint density at radius 2 is 2.00 bits per heavy atom. The Hall–Kier alpha value is -1.16. The fourth-order valence-corrected chi connectivity index (χ4v) is 3.16. The predicted molar refractivity (Wildman–Crippen MR) is 71.2 cm³/mol. The molecule has 2 nitrogen and oxygen atoms in total. The van der Waals surface area contributed by atoms with Crippen LogP contribution in [0.4, 0.5) is 8.78 Å². The van der Waals surface area contributed by atoms with E-state index in [4.69, 9.17) is 11.6 Å². The first-order valence-corrected chi connectivity index (χ1v) is 7.12. The molecule has 19 heavy (non-hydrogen) atoms. The van der Waals surface area contributed by atoms with Gasteiger partial charge in [-0.3, -0.25) is 0 Å². The number of hydrogen-bond acceptors (Lipinski definition) is 1. The average molecular weight is 285 g/mol. The molecule has 1 aromatic heterocycles. The summed E-state index contributed by atoms with van der Waals surface area (Å²) in [6, 6.07) is 2.21. The number of fused-ring (bicyclic) bond motifs is 1. The van der Waals surface area contributed by atoms with Gasteiger partial charge in [-0.05, 0) is 24.8 Å². The number of imidazole rings is 1. The van der Waals surface area contributed by atoms with Crippen LogP contribution in [0.25, 0.3) is 11.0 Å². The fraction of sp³-hybridized carbons (Fsp3) is 0.500. The first-order valence-electron chi connectivity index (χ1n) is 6.59. The quantitative estimate of drug-likeness (QED) is 0.771. The van der Waals surface area contributed by atoms with Crippen LogP contribution in [0.15, 0.2) is 12.1 Å². The first kappa shape index (κ1) is 12.9. The molecular formula is C14H15ClF2N2. The van der Waals surface area contributed by atoms with Crippen LogP contribution in [0.5, 0.6) is 0 Å². The van der Waals surface area contributed by atoms with Crippen molar-refractivity contribution in [2.75, 3.05) is 0 Å². The fourth-order valence-electron chi connectivity index (χ4n) is 2.95. The molecule has 5 heteroatoms. The van der Waals surface area contributed by atoms with Crippen molar-refractivity contribution in [2.24, 2.45) is 5.92 Å². The van der Waals surface area contributed by atoms with Crippen LogP contribution in [-0.2, 0) is 12.4 Å². The Kier molecular flexibility index (Phi) is 3.44. The highest BCUT2D eigenvalue weighted by molar-refractivity contribution is 6.16. The summed E-state index contributed by atoms with van der Waals surface area (Å²) < 4.78 is 29.0. The van der Waals surface area contributed by atoms with E-state index in [2.05, 4.69) is 4.98 Å². The summed E-state index contributed by atoms with van der Waals surface area (Å²) in [7, 11) is 0. The number of halogens is 3. The molecule has 0 N–H and O–H groups in total. The number of alkyl halides is 1. The van der Waals surface area contributed by atoms with Crippen LogP contribution in [0.2, 0.25) is 0 Å². The molecule has 0 unspecified atom stereocenters. The van der Waals surface area contributed by atoms with E-state index in [-0.39, 0.29) is 11.4 Å². The van der Waals surface area contributed by atoms with Gasteiger partial charge in [0, 0.05) is 12.6 Å². The van der Waals surface area contributed by atoms with Gasteiger partial charge < -0.3 is 4.57 Å². The molecule has 3 rings (SSSR count). The Bertz CT molecular complexity index is 603. The Labute approximate surface area is 115 Å². The summed E-state index contributed by atoms with van der Waals surface area (Å²) in [6.07, 6.45) is 4.80. The molecule has 1 aromatic carbocycles. The molecule has 0 aliphatic heterocycles. The molecule has 1 saturated carbocycles. The lowest BCUT2D eigenvalue weighted by molar-refractivity contribution is 0.457. The molecule has 1 aliphatic carbocycles. The van der Waals surface area contributed by atoms with Crippen molar-refractivity contribution >= 4 is 22.6 Å². The van der Waals surface area contributed by atoms with Crippen molar-refractivity contribution in [3.05, 3.63) is 29.6 Å². The second-order valence-electron chi connectivity index (χ2n) is 5.18. The minimum atomic E-state index is -0.619. The van der Waals surface area contributed by atoms with Gasteiger partial charge in [0.15, 0.2) is 5.82 Å². The van der Waals surface area contributed by atoms with Crippen molar-refractivity contribution in [2.45, 2.75) is 38.1 Å². The SMILES string of the molecule is Fc1cc(F)c2nc(CCl)n(CC3CCCC3)c2c1. The molecule has 2 aromatic rings. The van der Waals surface area contributed by atoms with Crippen molar-refractivity contribution < 1.29 is 8.78 Å². The van der Waals surface area contributed by atoms with Gasteiger partial charge in [0.1, 0.15) is 17.2 Å². The minimum absolute atomic E-state index is 0.211. The van der Waals surface area contributed by atoms with Crippen molar-refractivity contribution in [1.29, 1.82) is 0 Å². The molecule has 0 bridgehead atoms. The summed E-state index contributed by atoms with van der Waals surface area (Å²) >= 11 is 5.88. The van der Waals surface area contributed by atoms with Gasteiger partial charge in [0.2, 0.25) is 0 Å². The zero-order chi connectivity index (χ0) is 13.4. The lowest BCUT2D eigenvalue weighted by Crippen LogP contribution is -2.10. The molecule has 0 saturated heterocycles. The monoisotopic (exact) mass is 284 g/mol. The molecule has 0 spiro atoms. The Morgan fingerprint density at radius 3 is 2.68 bits per heavy atom.